The highest BCUT2D eigenvalue weighted by atomic mass is 16.6. The van der Waals surface area contributed by atoms with E-state index in [1.807, 2.05) is 0 Å². The van der Waals surface area contributed by atoms with Gasteiger partial charge < -0.3 is 119 Å². The molecule has 536 valence electrons. The van der Waals surface area contributed by atoms with Gasteiger partial charge in [0.1, 0.15) is 0 Å². The number of hydrogen-bond acceptors (Lipinski definition) is 25. The van der Waals surface area contributed by atoms with Gasteiger partial charge in [-0.1, -0.05) is 90.4 Å². The molecule has 0 saturated heterocycles. The molecular formula is C64H130O25. The highest BCUT2D eigenvalue weighted by molar-refractivity contribution is 4.50. The second-order valence-electron chi connectivity index (χ2n) is 20.0. The standard InChI is InChI=1S/C64H130O25/c1-2-3-4-5-6-7-8-9-10-11-12-13-14-15-17-66-19-21-68-23-25-70-27-29-72-31-33-74-35-37-76-39-41-78-43-45-80-47-49-82-51-53-84-55-57-86-59-61-88-63-64-89-62-60-87-58-56-85-54-52-83-50-48-81-46-44-79-42-40-77-38-36-75-34-32-73-30-28-71-26-24-69-22-20-67-18-16-65/h65H,2-64H2,1H3. The molecule has 0 unspecified atom stereocenters. The topological polar surface area (TPSA) is 242 Å². The molecule has 0 aromatic rings. The summed E-state index contributed by atoms with van der Waals surface area (Å²) >= 11 is 0. The normalized spacial score (nSPS) is 11.8. The maximum absolute atomic E-state index is 8.62. The van der Waals surface area contributed by atoms with Crippen LogP contribution in [0.4, 0.5) is 0 Å². The van der Waals surface area contributed by atoms with E-state index in [1.54, 1.807) is 0 Å². The van der Waals surface area contributed by atoms with Crippen LogP contribution in [0.1, 0.15) is 96.8 Å². The lowest BCUT2D eigenvalue weighted by Gasteiger charge is -2.09. The Morgan fingerprint density at radius 3 is 0.348 bits per heavy atom. The van der Waals surface area contributed by atoms with Crippen LogP contribution in [0.25, 0.3) is 0 Å². The summed E-state index contributed by atoms with van der Waals surface area (Å²) in [4.78, 5) is 0. The summed E-state index contributed by atoms with van der Waals surface area (Å²) in [6.07, 6.45) is 19.2. The van der Waals surface area contributed by atoms with E-state index in [-0.39, 0.29) is 6.61 Å². The lowest BCUT2D eigenvalue weighted by molar-refractivity contribution is -0.0320. The molecule has 0 aliphatic rings. The van der Waals surface area contributed by atoms with Crippen molar-refractivity contribution in [3.05, 3.63) is 0 Å². The molecule has 0 radical (unpaired) electrons. The van der Waals surface area contributed by atoms with Crippen molar-refractivity contribution in [2.45, 2.75) is 96.8 Å². The summed E-state index contributed by atoms with van der Waals surface area (Å²) in [5.41, 5.74) is 0. The number of rotatable bonds is 86. The van der Waals surface area contributed by atoms with Gasteiger partial charge in [-0.3, -0.25) is 0 Å². The average Bonchev–Trinajstić information content (AvgIpc) is 3.54. The van der Waals surface area contributed by atoms with Crippen LogP contribution in [0.2, 0.25) is 0 Å². The summed E-state index contributed by atoms with van der Waals surface area (Å²) in [5.74, 6) is 0. The number of hydrogen-bond donors (Lipinski definition) is 1. The molecule has 0 atom stereocenters. The van der Waals surface area contributed by atoms with E-state index < -0.39 is 0 Å². The Labute approximate surface area is 537 Å². The Kier molecular flexibility index (Phi) is 86.0. The van der Waals surface area contributed by atoms with Crippen LogP contribution < -0.4 is 0 Å². The minimum absolute atomic E-state index is 0.0185. The van der Waals surface area contributed by atoms with Crippen molar-refractivity contribution in [1.82, 2.24) is 0 Å². The highest BCUT2D eigenvalue weighted by Gasteiger charge is 2.02. The van der Waals surface area contributed by atoms with Gasteiger partial charge >= 0.3 is 0 Å². The molecule has 1 N–H and O–H groups in total. The molecule has 0 fully saturated rings. The molecular weight excluding hydrogens is 1170 g/mol. The first-order chi connectivity index (χ1) is 44.4. The van der Waals surface area contributed by atoms with E-state index in [4.69, 9.17) is 119 Å². The predicted octanol–water partition coefficient (Wildman–Crippen LogP) is 5.86. The lowest BCUT2D eigenvalue weighted by atomic mass is 10.0. The summed E-state index contributed by atoms with van der Waals surface area (Å²) in [6, 6.07) is 0. The minimum Gasteiger partial charge on any atom is -0.394 e. The summed E-state index contributed by atoms with van der Waals surface area (Å²) < 4.78 is 132. The van der Waals surface area contributed by atoms with Gasteiger partial charge in [-0.25, -0.2) is 0 Å². The van der Waals surface area contributed by atoms with Crippen LogP contribution in [0.15, 0.2) is 0 Å². The molecule has 25 heteroatoms. The zero-order valence-corrected chi connectivity index (χ0v) is 55.8. The van der Waals surface area contributed by atoms with Crippen LogP contribution >= 0.6 is 0 Å². The maximum atomic E-state index is 8.62. The summed E-state index contributed by atoms with van der Waals surface area (Å²) in [5, 5.41) is 8.62. The van der Waals surface area contributed by atoms with Crippen molar-refractivity contribution in [1.29, 1.82) is 0 Å². The second kappa shape index (κ2) is 87.0. The van der Waals surface area contributed by atoms with Crippen molar-refractivity contribution in [3.8, 4) is 0 Å². The predicted molar refractivity (Wildman–Crippen MR) is 337 cm³/mol. The molecule has 0 aromatic carbocycles. The van der Waals surface area contributed by atoms with Gasteiger partial charge in [0.15, 0.2) is 0 Å². The first kappa shape index (κ1) is 88.0. The van der Waals surface area contributed by atoms with Gasteiger partial charge in [-0.15, -0.1) is 0 Å². The molecule has 0 heterocycles. The van der Waals surface area contributed by atoms with Crippen molar-refractivity contribution in [3.63, 3.8) is 0 Å². The zero-order chi connectivity index (χ0) is 63.5. The summed E-state index contributed by atoms with van der Waals surface area (Å²) in [6.45, 7) is 26.5. The molecule has 25 nitrogen and oxygen atoms in total. The third kappa shape index (κ3) is 87.0. The Bertz CT molecular complexity index is 1110. The maximum Gasteiger partial charge on any atom is 0.0701 e. The van der Waals surface area contributed by atoms with E-state index in [1.165, 1.54) is 83.5 Å². The van der Waals surface area contributed by atoms with Gasteiger partial charge in [0.05, 0.1) is 317 Å². The Morgan fingerprint density at radius 2 is 0.225 bits per heavy atom. The number of ether oxygens (including phenoxy) is 24. The SMILES string of the molecule is CCCCCCCCCCCCCCCCOCCOCCOCCOCCOCCOCCOCCOCCOCCOCCOCCOCCOCCOCCOCCOCCOCCOCCOCCOCCOCCOCCOCCOCCO. The third-order valence-electron chi connectivity index (χ3n) is 12.4. The van der Waals surface area contributed by atoms with Crippen molar-refractivity contribution >= 4 is 0 Å². The van der Waals surface area contributed by atoms with Crippen LogP contribution in [-0.4, -0.2) is 329 Å². The quantitative estimate of drug-likeness (QED) is 0.0702. The molecule has 0 spiro atoms. The van der Waals surface area contributed by atoms with Crippen LogP contribution in [-0.2, 0) is 114 Å². The second-order valence-corrected chi connectivity index (χ2v) is 20.0. The zero-order valence-electron chi connectivity index (χ0n) is 55.8. The van der Waals surface area contributed by atoms with Gasteiger partial charge in [-0.2, -0.15) is 0 Å². The van der Waals surface area contributed by atoms with E-state index >= 15 is 0 Å². The van der Waals surface area contributed by atoms with E-state index in [0.717, 1.165) is 13.0 Å². The van der Waals surface area contributed by atoms with E-state index in [2.05, 4.69) is 6.92 Å². The molecule has 0 aliphatic carbocycles. The first-order valence-electron chi connectivity index (χ1n) is 33.9. The smallest absolute Gasteiger partial charge is 0.0701 e. The molecule has 0 aliphatic heterocycles. The highest BCUT2D eigenvalue weighted by Crippen LogP contribution is 2.13. The largest absolute Gasteiger partial charge is 0.394 e. The fraction of sp³-hybridized carbons (Fsp3) is 1.00. The van der Waals surface area contributed by atoms with Gasteiger partial charge in [0.2, 0.25) is 0 Å². The van der Waals surface area contributed by atoms with E-state index in [0.29, 0.717) is 311 Å². The van der Waals surface area contributed by atoms with Gasteiger partial charge in [-0.05, 0) is 6.42 Å². The average molecular weight is 1300 g/mol. The van der Waals surface area contributed by atoms with Gasteiger partial charge in [0, 0.05) is 6.61 Å². The monoisotopic (exact) mass is 1300 g/mol. The Morgan fingerprint density at radius 1 is 0.124 bits per heavy atom. The van der Waals surface area contributed by atoms with E-state index in [9.17, 15) is 0 Å². The minimum atomic E-state index is 0.0185. The number of aliphatic hydroxyl groups excluding tert-OH is 1. The van der Waals surface area contributed by atoms with Crippen molar-refractivity contribution in [2.75, 3.05) is 324 Å². The molecule has 0 aromatic heterocycles. The van der Waals surface area contributed by atoms with Crippen LogP contribution in [0, 0.1) is 0 Å². The fourth-order valence-electron chi connectivity index (χ4n) is 7.62. The fourth-order valence-corrected chi connectivity index (χ4v) is 7.62. The Hall–Kier alpha value is -1.00. The summed E-state index contributed by atoms with van der Waals surface area (Å²) in [7, 11) is 0. The molecule has 0 bridgehead atoms. The molecule has 0 rings (SSSR count). The lowest BCUT2D eigenvalue weighted by Crippen LogP contribution is -2.16. The molecule has 0 saturated carbocycles. The molecule has 89 heavy (non-hydrogen) atoms. The number of aliphatic hydroxyl groups is 1. The van der Waals surface area contributed by atoms with Gasteiger partial charge in [0.25, 0.3) is 0 Å². The molecule has 0 amide bonds. The third-order valence-corrected chi connectivity index (χ3v) is 12.4. The number of unbranched alkanes of at least 4 members (excludes halogenated alkanes) is 13. The van der Waals surface area contributed by atoms with Crippen molar-refractivity contribution < 1.29 is 119 Å². The first-order valence-corrected chi connectivity index (χ1v) is 33.9. The Balaban J connectivity index is 3.08. The van der Waals surface area contributed by atoms with Crippen LogP contribution in [0.3, 0.4) is 0 Å². The van der Waals surface area contributed by atoms with Crippen molar-refractivity contribution in [2.24, 2.45) is 0 Å². The van der Waals surface area contributed by atoms with Crippen LogP contribution in [0.5, 0.6) is 0 Å².